The Morgan fingerprint density at radius 3 is 3.09 bits per heavy atom. The molecule has 2 aromatic rings. The zero-order chi connectivity index (χ0) is 16.2. The van der Waals surface area contributed by atoms with Crippen LogP contribution in [-0.4, -0.2) is 36.1 Å². The molecule has 1 fully saturated rings. The first kappa shape index (κ1) is 15.6. The van der Waals surface area contributed by atoms with Crippen molar-refractivity contribution < 1.29 is 14.3 Å². The predicted octanol–water partition coefficient (Wildman–Crippen LogP) is 3.15. The standard InChI is InChI=1S/C15H17ClN4O3/c1-22-14-3-2-10(16)6-13(14)19-15(21)18-11-7-17-20(8-11)12-4-5-23-9-12/h2-3,6-8,12H,4-5,9H2,1H3,(H2,18,19,21)/t12-/m0/s1. The molecule has 2 amide bonds. The highest BCUT2D eigenvalue weighted by molar-refractivity contribution is 6.31. The van der Waals surface area contributed by atoms with Gasteiger partial charge in [-0.2, -0.15) is 5.10 Å². The first-order valence-electron chi connectivity index (χ1n) is 7.19. The van der Waals surface area contributed by atoms with Crippen LogP contribution in [0.2, 0.25) is 5.02 Å². The average Bonchev–Trinajstić information content (AvgIpc) is 3.18. The Labute approximate surface area is 138 Å². The van der Waals surface area contributed by atoms with Gasteiger partial charge in [0, 0.05) is 17.8 Å². The Kier molecular flexibility index (Phi) is 4.68. The second-order valence-corrected chi connectivity index (χ2v) is 5.59. The summed E-state index contributed by atoms with van der Waals surface area (Å²) in [7, 11) is 1.53. The third kappa shape index (κ3) is 3.75. The summed E-state index contributed by atoms with van der Waals surface area (Å²) in [5.41, 5.74) is 1.10. The number of benzene rings is 1. The molecule has 0 aliphatic carbocycles. The number of methoxy groups -OCH3 is 1. The molecule has 2 heterocycles. The van der Waals surface area contributed by atoms with Gasteiger partial charge < -0.3 is 20.1 Å². The summed E-state index contributed by atoms with van der Waals surface area (Å²) in [6, 6.07) is 4.83. The van der Waals surface area contributed by atoms with E-state index >= 15 is 0 Å². The average molecular weight is 337 g/mol. The van der Waals surface area contributed by atoms with Crippen LogP contribution in [0.1, 0.15) is 12.5 Å². The minimum atomic E-state index is -0.396. The fourth-order valence-corrected chi connectivity index (χ4v) is 2.57. The van der Waals surface area contributed by atoms with E-state index in [1.165, 1.54) is 7.11 Å². The minimum absolute atomic E-state index is 0.224. The van der Waals surface area contributed by atoms with Crippen molar-refractivity contribution in [2.24, 2.45) is 0 Å². The Bertz CT molecular complexity index is 698. The number of urea groups is 1. The highest BCUT2D eigenvalue weighted by Crippen LogP contribution is 2.28. The van der Waals surface area contributed by atoms with E-state index in [0.29, 0.717) is 28.8 Å². The maximum absolute atomic E-state index is 12.1. The van der Waals surface area contributed by atoms with Crippen LogP contribution in [0, 0.1) is 0 Å². The van der Waals surface area contributed by atoms with Gasteiger partial charge in [-0.1, -0.05) is 11.6 Å². The van der Waals surface area contributed by atoms with Gasteiger partial charge in [0.05, 0.1) is 37.3 Å². The first-order valence-corrected chi connectivity index (χ1v) is 7.57. The maximum Gasteiger partial charge on any atom is 0.323 e. The normalized spacial score (nSPS) is 17.0. The van der Waals surface area contributed by atoms with Crippen LogP contribution >= 0.6 is 11.6 Å². The lowest BCUT2D eigenvalue weighted by atomic mass is 10.3. The number of carbonyl (C=O) groups excluding carboxylic acids is 1. The summed E-state index contributed by atoms with van der Waals surface area (Å²) < 4.78 is 12.3. The van der Waals surface area contributed by atoms with Crippen molar-refractivity contribution >= 4 is 29.0 Å². The molecule has 1 saturated heterocycles. The molecule has 3 rings (SSSR count). The molecule has 23 heavy (non-hydrogen) atoms. The summed E-state index contributed by atoms with van der Waals surface area (Å²) in [4.78, 5) is 12.1. The fraction of sp³-hybridized carbons (Fsp3) is 0.333. The van der Waals surface area contributed by atoms with E-state index < -0.39 is 6.03 Å². The number of halogens is 1. The molecular formula is C15H17ClN4O3. The summed E-state index contributed by atoms with van der Waals surface area (Å²) in [6.45, 7) is 1.38. The summed E-state index contributed by atoms with van der Waals surface area (Å²) in [6.07, 6.45) is 4.31. The number of hydrogen-bond acceptors (Lipinski definition) is 4. The lowest BCUT2D eigenvalue weighted by molar-refractivity contribution is 0.184. The molecule has 0 spiro atoms. The first-order chi connectivity index (χ1) is 11.2. The van der Waals surface area contributed by atoms with Gasteiger partial charge in [-0.3, -0.25) is 4.68 Å². The van der Waals surface area contributed by atoms with E-state index in [1.54, 1.807) is 30.6 Å². The van der Waals surface area contributed by atoms with Crippen molar-refractivity contribution in [3.05, 3.63) is 35.6 Å². The second kappa shape index (κ2) is 6.89. The van der Waals surface area contributed by atoms with Gasteiger partial charge in [-0.05, 0) is 24.6 Å². The summed E-state index contributed by atoms with van der Waals surface area (Å²) in [5.74, 6) is 0.531. The molecule has 0 radical (unpaired) electrons. The van der Waals surface area contributed by atoms with E-state index in [2.05, 4.69) is 15.7 Å². The Balaban J connectivity index is 1.64. The number of nitrogens with one attached hydrogen (secondary N) is 2. The SMILES string of the molecule is COc1ccc(Cl)cc1NC(=O)Nc1cnn([C@H]2CCOC2)c1. The summed E-state index contributed by atoms with van der Waals surface area (Å²) in [5, 5.41) is 10.2. The van der Waals surface area contributed by atoms with Crippen LogP contribution in [0.25, 0.3) is 0 Å². The van der Waals surface area contributed by atoms with E-state index in [1.807, 2.05) is 4.68 Å². The smallest absolute Gasteiger partial charge is 0.323 e. The van der Waals surface area contributed by atoms with Gasteiger partial charge in [0.25, 0.3) is 0 Å². The molecule has 122 valence electrons. The molecule has 0 saturated carbocycles. The monoisotopic (exact) mass is 336 g/mol. The van der Waals surface area contributed by atoms with Crippen molar-refractivity contribution in [3.63, 3.8) is 0 Å². The maximum atomic E-state index is 12.1. The number of amides is 2. The molecule has 7 nitrogen and oxygen atoms in total. The zero-order valence-electron chi connectivity index (χ0n) is 12.6. The Morgan fingerprint density at radius 2 is 2.35 bits per heavy atom. The number of carbonyl (C=O) groups is 1. The highest BCUT2D eigenvalue weighted by atomic mass is 35.5. The van der Waals surface area contributed by atoms with Crippen LogP contribution in [0.15, 0.2) is 30.6 Å². The van der Waals surface area contributed by atoms with Gasteiger partial charge in [0.2, 0.25) is 0 Å². The van der Waals surface area contributed by atoms with Gasteiger partial charge in [-0.25, -0.2) is 4.79 Å². The van der Waals surface area contributed by atoms with Gasteiger partial charge in [-0.15, -0.1) is 0 Å². The Morgan fingerprint density at radius 1 is 1.48 bits per heavy atom. The van der Waals surface area contributed by atoms with Crippen molar-refractivity contribution in [1.82, 2.24) is 9.78 Å². The molecule has 1 aliphatic rings. The zero-order valence-corrected chi connectivity index (χ0v) is 13.3. The van der Waals surface area contributed by atoms with Crippen molar-refractivity contribution in [3.8, 4) is 5.75 Å². The van der Waals surface area contributed by atoms with E-state index in [-0.39, 0.29) is 6.04 Å². The van der Waals surface area contributed by atoms with Gasteiger partial charge in [0.15, 0.2) is 0 Å². The molecule has 1 aliphatic heterocycles. The third-order valence-corrected chi connectivity index (χ3v) is 3.78. The van der Waals surface area contributed by atoms with E-state index in [0.717, 1.165) is 13.0 Å². The molecule has 2 N–H and O–H groups in total. The minimum Gasteiger partial charge on any atom is -0.495 e. The van der Waals surface area contributed by atoms with Crippen molar-refractivity contribution in [2.45, 2.75) is 12.5 Å². The lowest BCUT2D eigenvalue weighted by Crippen LogP contribution is -2.19. The number of nitrogens with zero attached hydrogens (tertiary/aromatic N) is 2. The number of aromatic nitrogens is 2. The van der Waals surface area contributed by atoms with Crippen LogP contribution in [0.4, 0.5) is 16.2 Å². The van der Waals surface area contributed by atoms with Crippen LogP contribution in [-0.2, 0) is 4.74 Å². The van der Waals surface area contributed by atoms with Gasteiger partial charge in [0.1, 0.15) is 5.75 Å². The molecule has 0 bridgehead atoms. The molecule has 1 aromatic carbocycles. The number of anilines is 2. The van der Waals surface area contributed by atoms with E-state index in [9.17, 15) is 4.79 Å². The predicted molar refractivity (Wildman–Crippen MR) is 87.3 cm³/mol. The molecular weight excluding hydrogens is 320 g/mol. The number of ether oxygens (including phenoxy) is 2. The Hall–Kier alpha value is -2.25. The molecule has 8 heteroatoms. The lowest BCUT2D eigenvalue weighted by Gasteiger charge is -2.11. The van der Waals surface area contributed by atoms with Crippen molar-refractivity contribution in [2.75, 3.05) is 31.0 Å². The topological polar surface area (TPSA) is 77.4 Å². The summed E-state index contributed by atoms with van der Waals surface area (Å²) >= 11 is 5.94. The highest BCUT2D eigenvalue weighted by Gasteiger charge is 2.18. The van der Waals surface area contributed by atoms with Crippen molar-refractivity contribution in [1.29, 1.82) is 0 Å². The quantitative estimate of drug-likeness (QED) is 0.899. The molecule has 1 atom stereocenters. The van der Waals surface area contributed by atoms with Gasteiger partial charge >= 0.3 is 6.03 Å². The number of rotatable bonds is 4. The second-order valence-electron chi connectivity index (χ2n) is 5.15. The van der Waals surface area contributed by atoms with Crippen LogP contribution in [0.3, 0.4) is 0 Å². The van der Waals surface area contributed by atoms with Crippen LogP contribution < -0.4 is 15.4 Å². The van der Waals surface area contributed by atoms with Crippen LogP contribution in [0.5, 0.6) is 5.75 Å². The van der Waals surface area contributed by atoms with E-state index in [4.69, 9.17) is 21.1 Å². The molecule has 1 aromatic heterocycles. The molecule has 0 unspecified atom stereocenters. The third-order valence-electron chi connectivity index (χ3n) is 3.55. The largest absolute Gasteiger partial charge is 0.495 e. The fourth-order valence-electron chi connectivity index (χ4n) is 2.40. The number of hydrogen-bond donors (Lipinski definition) is 2.